The van der Waals surface area contributed by atoms with Gasteiger partial charge in [0.1, 0.15) is 19.0 Å². The van der Waals surface area contributed by atoms with Gasteiger partial charge in [0.05, 0.1) is 0 Å². The Bertz CT molecular complexity index is 510. The zero-order valence-electron chi connectivity index (χ0n) is 18.6. The first kappa shape index (κ1) is 25.3. The second kappa shape index (κ2) is 19.5. The molecule has 0 atom stereocenters. The fraction of sp³-hybridized carbons (Fsp3) is 0.654. The highest BCUT2D eigenvalue weighted by Gasteiger charge is 2.01. The van der Waals surface area contributed by atoms with Crippen LogP contribution in [0.3, 0.4) is 0 Å². The number of carbonyl (C=O) groups excluding carboxylic acids is 1. The Hall–Kier alpha value is -1.77. The van der Waals surface area contributed by atoms with Crippen LogP contribution in [0.2, 0.25) is 0 Å². The van der Waals surface area contributed by atoms with E-state index in [2.05, 4.69) is 6.92 Å². The monoisotopic (exact) mass is 402 g/mol. The van der Waals surface area contributed by atoms with Gasteiger partial charge in [-0.1, -0.05) is 102 Å². The predicted molar refractivity (Wildman–Crippen MR) is 122 cm³/mol. The molecule has 0 heterocycles. The molecule has 164 valence electrons. The van der Waals surface area contributed by atoms with Crippen molar-refractivity contribution in [3.8, 4) is 5.75 Å². The quantitative estimate of drug-likeness (QED) is 0.135. The molecule has 0 aromatic heterocycles. The average Bonchev–Trinajstić information content (AvgIpc) is 2.74. The van der Waals surface area contributed by atoms with Gasteiger partial charge in [-0.15, -0.1) is 0 Å². The first-order valence-electron chi connectivity index (χ1n) is 11.8. The Morgan fingerprint density at radius 2 is 1.24 bits per heavy atom. The lowest BCUT2D eigenvalue weighted by Crippen LogP contribution is -2.04. The third kappa shape index (κ3) is 16.9. The number of esters is 1. The highest BCUT2D eigenvalue weighted by atomic mass is 16.5. The van der Waals surface area contributed by atoms with Crippen LogP contribution < -0.4 is 4.74 Å². The van der Waals surface area contributed by atoms with Gasteiger partial charge in [0.15, 0.2) is 0 Å². The highest BCUT2D eigenvalue weighted by Crippen LogP contribution is 2.13. The van der Waals surface area contributed by atoms with Gasteiger partial charge in [-0.25, -0.2) is 0 Å². The molecule has 3 nitrogen and oxygen atoms in total. The third-order valence-electron chi connectivity index (χ3n) is 5.08. The summed E-state index contributed by atoms with van der Waals surface area (Å²) in [5.41, 5.74) is 0. The number of ether oxygens (including phenoxy) is 2. The van der Waals surface area contributed by atoms with Crippen molar-refractivity contribution < 1.29 is 14.3 Å². The summed E-state index contributed by atoms with van der Waals surface area (Å²) in [5.74, 6) is 0.748. The number of carbonyl (C=O) groups is 1. The van der Waals surface area contributed by atoms with E-state index in [1.165, 1.54) is 70.6 Å². The SMILES string of the molecule is CCCCCCCCCCCCCCCC(=O)OCC=CCOc1ccccc1. The molecule has 0 bridgehead atoms. The molecule has 0 radical (unpaired) electrons. The van der Waals surface area contributed by atoms with Crippen LogP contribution in [0.5, 0.6) is 5.75 Å². The second-order valence-corrected chi connectivity index (χ2v) is 7.77. The molecule has 0 saturated heterocycles. The maximum absolute atomic E-state index is 11.7. The van der Waals surface area contributed by atoms with Gasteiger partial charge in [-0.2, -0.15) is 0 Å². The fourth-order valence-electron chi connectivity index (χ4n) is 3.30. The number of benzene rings is 1. The van der Waals surface area contributed by atoms with Crippen LogP contribution in [-0.2, 0) is 9.53 Å². The van der Waals surface area contributed by atoms with Crippen molar-refractivity contribution in [2.45, 2.75) is 96.8 Å². The lowest BCUT2D eigenvalue weighted by atomic mass is 10.0. The van der Waals surface area contributed by atoms with Crippen LogP contribution in [-0.4, -0.2) is 19.2 Å². The van der Waals surface area contributed by atoms with Crippen molar-refractivity contribution in [2.24, 2.45) is 0 Å². The minimum atomic E-state index is -0.0956. The molecule has 1 rings (SSSR count). The molecular weight excluding hydrogens is 360 g/mol. The summed E-state index contributed by atoms with van der Waals surface area (Å²) < 4.78 is 10.8. The van der Waals surface area contributed by atoms with E-state index in [9.17, 15) is 4.79 Å². The Labute approximate surface area is 178 Å². The molecule has 0 saturated carbocycles. The van der Waals surface area contributed by atoms with Crippen LogP contribution >= 0.6 is 0 Å². The van der Waals surface area contributed by atoms with E-state index in [1.54, 1.807) is 0 Å². The number of rotatable bonds is 19. The predicted octanol–water partition coefficient (Wildman–Crippen LogP) is 7.65. The van der Waals surface area contributed by atoms with Crippen molar-refractivity contribution in [3.05, 3.63) is 42.5 Å². The van der Waals surface area contributed by atoms with Gasteiger partial charge < -0.3 is 9.47 Å². The minimum absolute atomic E-state index is 0.0956. The molecular formula is C26H42O3. The maximum atomic E-state index is 11.7. The average molecular weight is 403 g/mol. The van der Waals surface area contributed by atoms with Crippen LogP contribution in [0.15, 0.2) is 42.5 Å². The molecule has 29 heavy (non-hydrogen) atoms. The summed E-state index contributed by atoms with van der Waals surface area (Å²) in [5, 5.41) is 0. The first-order chi connectivity index (χ1) is 14.3. The van der Waals surface area contributed by atoms with Crippen molar-refractivity contribution >= 4 is 5.97 Å². The van der Waals surface area contributed by atoms with E-state index < -0.39 is 0 Å². The largest absolute Gasteiger partial charge is 0.490 e. The van der Waals surface area contributed by atoms with Crippen molar-refractivity contribution in [3.63, 3.8) is 0 Å². The van der Waals surface area contributed by atoms with Crippen LogP contribution in [0.1, 0.15) is 96.8 Å². The van der Waals surface area contributed by atoms with Crippen molar-refractivity contribution in [1.29, 1.82) is 0 Å². The molecule has 0 amide bonds. The van der Waals surface area contributed by atoms with Gasteiger partial charge in [-0.3, -0.25) is 4.79 Å². The lowest BCUT2D eigenvalue weighted by molar-refractivity contribution is -0.142. The molecule has 0 unspecified atom stereocenters. The first-order valence-corrected chi connectivity index (χ1v) is 11.8. The van der Waals surface area contributed by atoms with E-state index in [4.69, 9.17) is 9.47 Å². The summed E-state index contributed by atoms with van der Waals surface area (Å²) in [6.45, 7) is 3.08. The lowest BCUT2D eigenvalue weighted by Gasteiger charge is -2.04. The maximum Gasteiger partial charge on any atom is 0.306 e. The van der Waals surface area contributed by atoms with E-state index in [-0.39, 0.29) is 5.97 Å². The zero-order valence-corrected chi connectivity index (χ0v) is 18.6. The Kier molecular flexibility index (Phi) is 17.0. The Balaban J connectivity index is 1.80. The second-order valence-electron chi connectivity index (χ2n) is 7.77. The van der Waals surface area contributed by atoms with Crippen LogP contribution in [0, 0.1) is 0 Å². The summed E-state index contributed by atoms with van der Waals surface area (Å²) in [6.07, 6.45) is 21.3. The molecule has 0 aliphatic rings. The minimum Gasteiger partial charge on any atom is -0.490 e. The highest BCUT2D eigenvalue weighted by molar-refractivity contribution is 5.69. The number of hydrogen-bond donors (Lipinski definition) is 0. The summed E-state index contributed by atoms with van der Waals surface area (Å²) in [4.78, 5) is 11.7. The summed E-state index contributed by atoms with van der Waals surface area (Å²) in [7, 11) is 0. The zero-order chi connectivity index (χ0) is 20.8. The van der Waals surface area contributed by atoms with Gasteiger partial charge >= 0.3 is 5.97 Å². The summed E-state index contributed by atoms with van der Waals surface area (Å²) in [6, 6.07) is 9.68. The van der Waals surface area contributed by atoms with Crippen LogP contribution in [0.4, 0.5) is 0 Å². The molecule has 1 aromatic rings. The van der Waals surface area contributed by atoms with Crippen molar-refractivity contribution in [1.82, 2.24) is 0 Å². The van der Waals surface area contributed by atoms with E-state index in [1.807, 2.05) is 42.5 Å². The third-order valence-corrected chi connectivity index (χ3v) is 5.08. The number of hydrogen-bond acceptors (Lipinski definition) is 3. The van der Waals surface area contributed by atoms with Crippen LogP contribution in [0.25, 0.3) is 0 Å². The molecule has 3 heteroatoms. The molecule has 0 N–H and O–H groups in total. The molecule has 0 aliphatic heterocycles. The Morgan fingerprint density at radius 1 is 0.724 bits per heavy atom. The summed E-state index contributed by atoms with van der Waals surface area (Å²) >= 11 is 0. The Morgan fingerprint density at radius 3 is 1.83 bits per heavy atom. The standard InChI is InChI=1S/C26H42O3/c1-2-3-4-5-6-7-8-9-10-11-12-13-17-22-26(27)29-24-19-18-23-28-25-20-15-14-16-21-25/h14-16,18-21H,2-13,17,22-24H2,1H3. The topological polar surface area (TPSA) is 35.5 Å². The van der Waals surface area contributed by atoms with Crippen molar-refractivity contribution in [2.75, 3.05) is 13.2 Å². The van der Waals surface area contributed by atoms with E-state index in [0.29, 0.717) is 19.6 Å². The van der Waals surface area contributed by atoms with Gasteiger partial charge in [0.2, 0.25) is 0 Å². The number of para-hydroxylation sites is 1. The van der Waals surface area contributed by atoms with E-state index >= 15 is 0 Å². The smallest absolute Gasteiger partial charge is 0.306 e. The number of unbranched alkanes of at least 4 members (excludes halogenated alkanes) is 12. The molecule has 0 spiro atoms. The normalized spacial score (nSPS) is 11.1. The van der Waals surface area contributed by atoms with Gasteiger partial charge in [0.25, 0.3) is 0 Å². The fourth-order valence-corrected chi connectivity index (χ4v) is 3.30. The van der Waals surface area contributed by atoms with E-state index in [0.717, 1.165) is 18.6 Å². The molecule has 0 fully saturated rings. The van der Waals surface area contributed by atoms with Gasteiger partial charge in [-0.05, 0) is 30.7 Å². The molecule has 1 aromatic carbocycles. The van der Waals surface area contributed by atoms with Gasteiger partial charge in [0, 0.05) is 6.42 Å². The molecule has 0 aliphatic carbocycles.